The standard InChI is InChI=1S/C32H39N5O7/c1-20(38)29-32(43)37-14-5-9-23(37)19-44-26-11-3-2-10-24(26)30(41)34-25(16-27(39)35-29)31(42)33-17-21-7-4-8-22(15-21)18-36-13-6-12-28(36)40/h2-4,7-8,10-11,15,20,23,25,29,38H,5-6,9,12-14,16-19H2,1H3,(H,33,42)(H,34,41)(H,35,39)/t20-,23-,25+,29+/m1/s1. The summed E-state index contributed by atoms with van der Waals surface area (Å²) in [5, 5.41) is 18.5. The van der Waals surface area contributed by atoms with E-state index in [4.69, 9.17) is 4.74 Å². The molecular formula is C32H39N5O7. The number of carbonyl (C=O) groups excluding carboxylic acids is 5. The van der Waals surface area contributed by atoms with E-state index in [2.05, 4.69) is 16.0 Å². The van der Waals surface area contributed by atoms with Crippen molar-refractivity contribution in [2.45, 2.75) is 76.3 Å². The van der Waals surface area contributed by atoms with Gasteiger partial charge in [-0.2, -0.15) is 0 Å². The zero-order chi connectivity index (χ0) is 31.2. The minimum absolute atomic E-state index is 0.123. The van der Waals surface area contributed by atoms with Crippen molar-refractivity contribution in [3.05, 3.63) is 65.2 Å². The van der Waals surface area contributed by atoms with E-state index in [1.165, 1.54) is 6.92 Å². The number of likely N-dealkylation sites (tertiary alicyclic amines) is 1. The van der Waals surface area contributed by atoms with Gasteiger partial charge in [-0.05, 0) is 49.4 Å². The predicted molar refractivity (Wildman–Crippen MR) is 159 cm³/mol. The molecule has 2 aromatic rings. The highest BCUT2D eigenvalue weighted by Gasteiger charge is 2.37. The molecule has 12 heteroatoms. The summed E-state index contributed by atoms with van der Waals surface area (Å²) in [5.74, 6) is -1.86. The van der Waals surface area contributed by atoms with Crippen molar-refractivity contribution >= 4 is 29.5 Å². The van der Waals surface area contributed by atoms with E-state index in [1.807, 2.05) is 24.3 Å². The number of para-hydroxylation sites is 1. The maximum absolute atomic E-state index is 13.4. The Morgan fingerprint density at radius 1 is 1.05 bits per heavy atom. The van der Waals surface area contributed by atoms with Crippen molar-refractivity contribution in [1.82, 2.24) is 25.8 Å². The molecule has 0 spiro atoms. The van der Waals surface area contributed by atoms with Crippen LogP contribution in [0.3, 0.4) is 0 Å². The summed E-state index contributed by atoms with van der Waals surface area (Å²) in [6.07, 6.45) is 1.17. The van der Waals surface area contributed by atoms with Crippen LogP contribution in [0.1, 0.15) is 60.5 Å². The van der Waals surface area contributed by atoms with E-state index >= 15 is 0 Å². The number of aliphatic hydroxyl groups excluding tert-OH is 1. The number of hydrogen-bond donors (Lipinski definition) is 4. The molecule has 0 unspecified atom stereocenters. The minimum atomic E-state index is -1.28. The zero-order valence-electron chi connectivity index (χ0n) is 24.8. The van der Waals surface area contributed by atoms with Crippen molar-refractivity contribution < 1.29 is 33.8 Å². The van der Waals surface area contributed by atoms with Gasteiger partial charge in [-0.3, -0.25) is 24.0 Å². The molecule has 4 atom stereocenters. The van der Waals surface area contributed by atoms with Gasteiger partial charge in [-0.25, -0.2) is 0 Å². The highest BCUT2D eigenvalue weighted by molar-refractivity contribution is 6.01. The second-order valence-corrected chi connectivity index (χ2v) is 11.6. The van der Waals surface area contributed by atoms with Crippen LogP contribution < -0.4 is 20.7 Å². The number of ether oxygens (including phenoxy) is 1. The molecule has 3 heterocycles. The van der Waals surface area contributed by atoms with Crippen molar-refractivity contribution in [3.63, 3.8) is 0 Å². The third kappa shape index (κ3) is 7.36. The van der Waals surface area contributed by atoms with Crippen molar-refractivity contribution in [2.24, 2.45) is 0 Å². The summed E-state index contributed by atoms with van der Waals surface area (Å²) < 4.78 is 6.02. The molecule has 0 saturated carbocycles. The Hall–Kier alpha value is -4.45. The Morgan fingerprint density at radius 2 is 1.84 bits per heavy atom. The van der Waals surface area contributed by atoms with E-state index < -0.39 is 48.2 Å². The number of aliphatic hydroxyl groups is 1. The molecule has 12 nitrogen and oxygen atoms in total. The lowest BCUT2D eigenvalue weighted by Crippen LogP contribution is -2.57. The fourth-order valence-electron chi connectivity index (χ4n) is 5.94. The van der Waals surface area contributed by atoms with Gasteiger partial charge in [-0.1, -0.05) is 36.4 Å². The Kier molecular flexibility index (Phi) is 9.78. The van der Waals surface area contributed by atoms with Crippen LogP contribution in [0.4, 0.5) is 0 Å². The molecule has 0 aliphatic carbocycles. The van der Waals surface area contributed by atoms with Crippen LogP contribution in [-0.2, 0) is 32.3 Å². The molecule has 234 valence electrons. The van der Waals surface area contributed by atoms with Crippen molar-refractivity contribution in [3.8, 4) is 5.75 Å². The second-order valence-electron chi connectivity index (χ2n) is 11.6. The van der Waals surface area contributed by atoms with E-state index in [9.17, 15) is 29.1 Å². The molecule has 3 aliphatic rings. The van der Waals surface area contributed by atoms with Crippen LogP contribution >= 0.6 is 0 Å². The van der Waals surface area contributed by atoms with Crippen molar-refractivity contribution in [2.75, 3.05) is 19.7 Å². The van der Waals surface area contributed by atoms with Crippen molar-refractivity contribution in [1.29, 1.82) is 0 Å². The average molecular weight is 606 g/mol. The van der Waals surface area contributed by atoms with Gasteiger partial charge in [0.05, 0.1) is 24.1 Å². The second kappa shape index (κ2) is 13.9. The number of amides is 5. The van der Waals surface area contributed by atoms with Crippen LogP contribution in [0, 0.1) is 0 Å². The number of hydrogen-bond acceptors (Lipinski definition) is 7. The van der Waals surface area contributed by atoms with Gasteiger partial charge in [0.1, 0.15) is 24.4 Å². The Bertz CT molecular complexity index is 1410. The van der Waals surface area contributed by atoms with E-state index in [1.54, 1.807) is 34.1 Å². The Labute approximate surface area is 256 Å². The van der Waals surface area contributed by atoms with E-state index in [-0.39, 0.29) is 30.7 Å². The van der Waals surface area contributed by atoms with E-state index in [0.717, 1.165) is 30.5 Å². The smallest absolute Gasteiger partial charge is 0.255 e. The molecule has 44 heavy (non-hydrogen) atoms. The monoisotopic (exact) mass is 605 g/mol. The van der Waals surface area contributed by atoms with Gasteiger partial charge >= 0.3 is 0 Å². The van der Waals surface area contributed by atoms with Gasteiger partial charge in [0.15, 0.2) is 0 Å². The maximum atomic E-state index is 13.4. The van der Waals surface area contributed by atoms with Crippen LogP contribution in [0.5, 0.6) is 5.75 Å². The fraction of sp³-hybridized carbons (Fsp3) is 0.469. The molecule has 2 saturated heterocycles. The summed E-state index contributed by atoms with van der Waals surface area (Å²) in [6.45, 7) is 3.34. The molecule has 5 rings (SSSR count). The Morgan fingerprint density at radius 3 is 2.61 bits per heavy atom. The van der Waals surface area contributed by atoms with Crippen LogP contribution in [-0.4, -0.2) is 88.4 Å². The molecule has 0 bridgehead atoms. The van der Waals surface area contributed by atoms with Crippen LogP contribution in [0.25, 0.3) is 0 Å². The number of rotatable bonds is 6. The number of fused-ring (bicyclic) bond motifs is 2. The maximum Gasteiger partial charge on any atom is 0.255 e. The quantitative estimate of drug-likeness (QED) is 0.381. The normalized spacial score (nSPS) is 23.5. The predicted octanol–water partition coefficient (Wildman–Crippen LogP) is 0.863. The lowest BCUT2D eigenvalue weighted by Gasteiger charge is -2.31. The zero-order valence-corrected chi connectivity index (χ0v) is 24.8. The topological polar surface area (TPSA) is 157 Å². The highest BCUT2D eigenvalue weighted by Crippen LogP contribution is 2.24. The molecule has 2 aromatic carbocycles. The highest BCUT2D eigenvalue weighted by atomic mass is 16.5. The summed E-state index contributed by atoms with van der Waals surface area (Å²) in [7, 11) is 0. The molecule has 2 fully saturated rings. The summed E-state index contributed by atoms with van der Waals surface area (Å²) in [6, 6.07) is 11.3. The molecule has 4 N–H and O–H groups in total. The average Bonchev–Trinajstić information content (AvgIpc) is 3.65. The molecule has 0 aromatic heterocycles. The molecule has 3 aliphatic heterocycles. The van der Waals surface area contributed by atoms with E-state index in [0.29, 0.717) is 31.7 Å². The molecular weight excluding hydrogens is 566 g/mol. The molecule has 0 radical (unpaired) electrons. The first kappa shape index (κ1) is 31.0. The molecule has 5 amide bonds. The first-order valence-electron chi connectivity index (χ1n) is 15.1. The summed E-state index contributed by atoms with van der Waals surface area (Å²) in [5.41, 5.74) is 1.92. The number of nitrogens with zero attached hydrogens (tertiary/aromatic N) is 2. The summed E-state index contributed by atoms with van der Waals surface area (Å²) in [4.78, 5) is 68.9. The third-order valence-corrected chi connectivity index (χ3v) is 8.30. The lowest BCUT2D eigenvalue weighted by atomic mass is 10.1. The van der Waals surface area contributed by atoms with Gasteiger partial charge < -0.3 is 35.6 Å². The summed E-state index contributed by atoms with van der Waals surface area (Å²) >= 11 is 0. The first-order valence-corrected chi connectivity index (χ1v) is 15.1. The van der Waals surface area contributed by atoms with Gasteiger partial charge in [0, 0.05) is 32.6 Å². The number of carbonyl (C=O) groups is 5. The van der Waals surface area contributed by atoms with Gasteiger partial charge in [0.25, 0.3) is 5.91 Å². The number of nitrogens with one attached hydrogen (secondary N) is 3. The minimum Gasteiger partial charge on any atom is -0.491 e. The third-order valence-electron chi connectivity index (χ3n) is 8.30. The largest absolute Gasteiger partial charge is 0.491 e. The number of benzene rings is 2. The fourth-order valence-corrected chi connectivity index (χ4v) is 5.94. The van der Waals surface area contributed by atoms with Crippen LogP contribution in [0.15, 0.2) is 48.5 Å². The Balaban J connectivity index is 1.34. The lowest BCUT2D eigenvalue weighted by molar-refractivity contribution is -0.140. The van der Waals surface area contributed by atoms with Gasteiger partial charge in [-0.15, -0.1) is 0 Å². The van der Waals surface area contributed by atoms with Crippen LogP contribution in [0.2, 0.25) is 0 Å². The van der Waals surface area contributed by atoms with Gasteiger partial charge in [0.2, 0.25) is 23.6 Å². The SMILES string of the molecule is C[C@@H](O)[C@@H]1NC(=O)C[C@@H](C(=O)NCc2cccc(CN3CCCC3=O)c2)NC(=O)c2ccccc2OC[C@H]2CCCN2C1=O. The first-order chi connectivity index (χ1) is 21.2.